The standard InChI is InChI=1S/C12H5Cl5O/c13-6-2-1-5(3-7(6)14)10-8(15)4-9(16)12(18)11(10)17/h1-4,18H. The maximum Gasteiger partial charge on any atom is 0.153 e. The van der Waals surface area contributed by atoms with Crippen molar-refractivity contribution < 1.29 is 5.11 Å². The molecule has 0 aliphatic heterocycles. The van der Waals surface area contributed by atoms with Crippen molar-refractivity contribution in [1.29, 1.82) is 0 Å². The SMILES string of the molecule is Oc1c(Cl)cc(Cl)c(-c2ccc(Cl)c(Cl)c2)c1Cl. The summed E-state index contributed by atoms with van der Waals surface area (Å²) in [4.78, 5) is 0. The average Bonchev–Trinajstić information content (AvgIpc) is 2.31. The zero-order chi connectivity index (χ0) is 13.4. The number of aromatic hydroxyl groups is 1. The molecule has 2 rings (SSSR count). The van der Waals surface area contributed by atoms with Gasteiger partial charge in [0, 0.05) is 5.56 Å². The maximum atomic E-state index is 9.72. The molecule has 2 aromatic carbocycles. The highest BCUT2D eigenvalue weighted by Gasteiger charge is 2.16. The second-order valence-corrected chi connectivity index (χ2v) is 5.51. The highest BCUT2D eigenvalue weighted by Crippen LogP contribution is 2.45. The molecule has 0 aliphatic carbocycles. The lowest BCUT2D eigenvalue weighted by Gasteiger charge is -2.11. The van der Waals surface area contributed by atoms with Gasteiger partial charge in [0.1, 0.15) is 0 Å². The zero-order valence-corrected chi connectivity index (χ0v) is 12.4. The van der Waals surface area contributed by atoms with Gasteiger partial charge in [0.15, 0.2) is 5.75 Å². The Morgan fingerprint density at radius 1 is 0.722 bits per heavy atom. The van der Waals surface area contributed by atoms with Crippen molar-refractivity contribution in [2.75, 3.05) is 0 Å². The number of halogens is 5. The highest BCUT2D eigenvalue weighted by molar-refractivity contribution is 6.44. The maximum absolute atomic E-state index is 9.72. The van der Waals surface area contributed by atoms with Crippen LogP contribution in [0.1, 0.15) is 0 Å². The Morgan fingerprint density at radius 2 is 1.39 bits per heavy atom. The van der Waals surface area contributed by atoms with Crippen LogP contribution in [0.15, 0.2) is 24.3 Å². The van der Waals surface area contributed by atoms with Crippen LogP contribution in [0.3, 0.4) is 0 Å². The van der Waals surface area contributed by atoms with Crippen molar-refractivity contribution in [2.45, 2.75) is 0 Å². The van der Waals surface area contributed by atoms with Crippen LogP contribution >= 0.6 is 58.0 Å². The van der Waals surface area contributed by atoms with E-state index in [2.05, 4.69) is 0 Å². The number of benzene rings is 2. The van der Waals surface area contributed by atoms with E-state index in [0.717, 1.165) is 0 Å². The van der Waals surface area contributed by atoms with Gasteiger partial charge < -0.3 is 5.11 Å². The molecular formula is C12H5Cl5O. The molecule has 0 unspecified atom stereocenters. The molecule has 6 heteroatoms. The van der Waals surface area contributed by atoms with Gasteiger partial charge in [-0.15, -0.1) is 0 Å². The minimum absolute atomic E-state index is 0.0749. The number of hydrogen-bond donors (Lipinski definition) is 1. The summed E-state index contributed by atoms with van der Waals surface area (Å²) in [6, 6.07) is 6.36. The molecule has 0 aromatic heterocycles. The summed E-state index contributed by atoms with van der Waals surface area (Å²) < 4.78 is 0. The minimum atomic E-state index is -0.219. The van der Waals surface area contributed by atoms with Gasteiger partial charge in [0.05, 0.1) is 25.1 Å². The van der Waals surface area contributed by atoms with Crippen LogP contribution in [-0.2, 0) is 0 Å². The molecule has 0 heterocycles. The molecule has 1 N–H and O–H groups in total. The second-order valence-electron chi connectivity index (χ2n) is 3.51. The minimum Gasteiger partial charge on any atom is -0.505 e. The normalized spacial score (nSPS) is 10.7. The summed E-state index contributed by atoms with van der Waals surface area (Å²) in [6.45, 7) is 0. The van der Waals surface area contributed by atoms with Gasteiger partial charge in [0.2, 0.25) is 0 Å². The largest absolute Gasteiger partial charge is 0.505 e. The number of phenolic OH excluding ortho intramolecular Hbond substituents is 1. The molecule has 0 aliphatic rings. The van der Waals surface area contributed by atoms with E-state index in [4.69, 9.17) is 58.0 Å². The molecular weight excluding hydrogens is 337 g/mol. The first-order chi connectivity index (χ1) is 8.41. The van der Waals surface area contributed by atoms with E-state index in [-0.39, 0.29) is 15.8 Å². The average molecular weight is 342 g/mol. The Balaban J connectivity index is 2.71. The summed E-state index contributed by atoms with van der Waals surface area (Å²) in [5, 5.41) is 11.0. The lowest BCUT2D eigenvalue weighted by atomic mass is 10.1. The smallest absolute Gasteiger partial charge is 0.153 e. The van der Waals surface area contributed by atoms with E-state index in [1.54, 1.807) is 18.2 Å². The van der Waals surface area contributed by atoms with Crippen LogP contribution in [0.2, 0.25) is 25.1 Å². The van der Waals surface area contributed by atoms with Gasteiger partial charge in [-0.05, 0) is 23.8 Å². The van der Waals surface area contributed by atoms with E-state index >= 15 is 0 Å². The third-order valence-electron chi connectivity index (χ3n) is 2.35. The highest BCUT2D eigenvalue weighted by atomic mass is 35.5. The Bertz CT molecular complexity index is 624. The number of rotatable bonds is 1. The Labute approximate surface area is 129 Å². The van der Waals surface area contributed by atoms with Crippen molar-refractivity contribution in [1.82, 2.24) is 0 Å². The molecule has 2 aromatic rings. The van der Waals surface area contributed by atoms with Gasteiger partial charge in [0.25, 0.3) is 0 Å². The lowest BCUT2D eigenvalue weighted by molar-refractivity contribution is 0.476. The predicted molar refractivity (Wildman–Crippen MR) is 78.6 cm³/mol. The van der Waals surface area contributed by atoms with Gasteiger partial charge in [-0.25, -0.2) is 0 Å². The van der Waals surface area contributed by atoms with E-state index in [1.807, 2.05) is 0 Å². The van der Waals surface area contributed by atoms with Gasteiger partial charge in [-0.3, -0.25) is 0 Å². The van der Waals surface area contributed by atoms with Crippen molar-refractivity contribution in [2.24, 2.45) is 0 Å². The molecule has 0 amide bonds. The Hall–Kier alpha value is -0.310. The molecule has 0 spiro atoms. The molecule has 0 saturated carbocycles. The molecule has 0 atom stereocenters. The zero-order valence-electron chi connectivity index (χ0n) is 8.65. The first-order valence-corrected chi connectivity index (χ1v) is 6.62. The van der Waals surface area contributed by atoms with Crippen LogP contribution in [0.25, 0.3) is 11.1 Å². The fraction of sp³-hybridized carbons (Fsp3) is 0. The summed E-state index contributed by atoms with van der Waals surface area (Å²) in [5.74, 6) is -0.219. The molecule has 0 bridgehead atoms. The molecule has 0 radical (unpaired) electrons. The third kappa shape index (κ3) is 2.52. The Morgan fingerprint density at radius 3 is 2.00 bits per heavy atom. The first-order valence-electron chi connectivity index (χ1n) is 4.73. The number of phenols is 1. The molecule has 0 saturated heterocycles. The van der Waals surface area contributed by atoms with Crippen LogP contribution < -0.4 is 0 Å². The second kappa shape index (κ2) is 5.36. The van der Waals surface area contributed by atoms with Crippen molar-refractivity contribution >= 4 is 58.0 Å². The van der Waals surface area contributed by atoms with Crippen molar-refractivity contribution in [3.05, 3.63) is 49.4 Å². The van der Waals surface area contributed by atoms with Crippen LogP contribution in [0.4, 0.5) is 0 Å². The van der Waals surface area contributed by atoms with Crippen molar-refractivity contribution in [3.8, 4) is 16.9 Å². The molecule has 94 valence electrons. The summed E-state index contributed by atoms with van der Waals surface area (Å²) in [6.07, 6.45) is 0. The van der Waals surface area contributed by atoms with Crippen molar-refractivity contribution in [3.63, 3.8) is 0 Å². The summed E-state index contributed by atoms with van der Waals surface area (Å²) in [7, 11) is 0. The van der Waals surface area contributed by atoms with Gasteiger partial charge in [-0.2, -0.15) is 0 Å². The summed E-state index contributed by atoms with van der Waals surface area (Å²) in [5.41, 5.74) is 1.10. The lowest BCUT2D eigenvalue weighted by Crippen LogP contribution is -1.84. The predicted octanol–water partition coefficient (Wildman–Crippen LogP) is 6.33. The van der Waals surface area contributed by atoms with Gasteiger partial charge in [-0.1, -0.05) is 64.1 Å². The van der Waals surface area contributed by atoms with E-state index < -0.39 is 0 Å². The fourth-order valence-electron chi connectivity index (χ4n) is 1.50. The topological polar surface area (TPSA) is 20.2 Å². The molecule has 18 heavy (non-hydrogen) atoms. The van der Waals surface area contributed by atoms with E-state index in [1.165, 1.54) is 6.07 Å². The molecule has 0 fully saturated rings. The van der Waals surface area contributed by atoms with Crippen LogP contribution in [0, 0.1) is 0 Å². The Kier molecular flexibility index (Phi) is 4.20. The first kappa shape index (κ1) is 14.1. The summed E-state index contributed by atoms with van der Waals surface area (Å²) >= 11 is 29.7. The van der Waals surface area contributed by atoms with E-state index in [9.17, 15) is 5.11 Å². The van der Waals surface area contributed by atoms with E-state index in [0.29, 0.717) is 26.2 Å². The third-order valence-corrected chi connectivity index (χ3v) is 4.05. The number of hydrogen-bond acceptors (Lipinski definition) is 1. The quantitative estimate of drug-likeness (QED) is 0.642. The molecule has 1 nitrogen and oxygen atoms in total. The fourth-order valence-corrected chi connectivity index (χ4v) is 2.78. The van der Waals surface area contributed by atoms with Gasteiger partial charge >= 0.3 is 0 Å². The van der Waals surface area contributed by atoms with Crippen LogP contribution in [-0.4, -0.2) is 5.11 Å². The van der Waals surface area contributed by atoms with Crippen LogP contribution in [0.5, 0.6) is 5.75 Å². The monoisotopic (exact) mass is 340 g/mol.